The van der Waals surface area contributed by atoms with Gasteiger partial charge in [0, 0.05) is 4.88 Å². The average Bonchev–Trinajstić information content (AvgIpc) is 2.76. The molecule has 21 heavy (non-hydrogen) atoms. The molecule has 0 saturated heterocycles. The zero-order chi connectivity index (χ0) is 14.7. The second-order valence-corrected chi connectivity index (χ2v) is 6.41. The molecule has 3 rings (SSSR count). The number of carbonyl (C=O) groups excluding carboxylic acids is 1. The van der Waals surface area contributed by atoms with Gasteiger partial charge in [-0.25, -0.2) is 4.98 Å². The van der Waals surface area contributed by atoms with Crippen molar-refractivity contribution in [2.24, 2.45) is 5.73 Å². The van der Waals surface area contributed by atoms with Gasteiger partial charge in [0.2, 0.25) is 5.91 Å². The number of nitrogens with one attached hydrogen (secondary N) is 1. The van der Waals surface area contributed by atoms with E-state index in [4.69, 9.17) is 5.73 Å². The minimum Gasteiger partial charge on any atom is -0.316 e. The first-order valence-electron chi connectivity index (χ1n) is 7.34. The number of anilines is 1. The summed E-state index contributed by atoms with van der Waals surface area (Å²) in [5, 5.41) is 3.54. The van der Waals surface area contributed by atoms with Gasteiger partial charge in [-0.2, -0.15) is 0 Å². The van der Waals surface area contributed by atoms with Gasteiger partial charge in [-0.15, -0.1) is 11.3 Å². The third-order valence-electron chi connectivity index (χ3n) is 3.77. The molecule has 1 heterocycles. The van der Waals surface area contributed by atoms with Crippen molar-refractivity contribution in [3.8, 4) is 0 Å². The summed E-state index contributed by atoms with van der Waals surface area (Å²) in [5.74, 6) is -0.204. The number of hydrogen-bond acceptors (Lipinski definition) is 4. The van der Waals surface area contributed by atoms with Crippen LogP contribution in [-0.2, 0) is 17.6 Å². The number of thiazole rings is 1. The molecule has 1 aromatic carbocycles. The molecule has 1 aliphatic carbocycles. The Labute approximate surface area is 128 Å². The van der Waals surface area contributed by atoms with Crippen molar-refractivity contribution in [2.45, 2.75) is 38.1 Å². The lowest BCUT2D eigenvalue weighted by molar-refractivity contribution is -0.117. The highest BCUT2D eigenvalue weighted by atomic mass is 32.1. The lowest BCUT2D eigenvalue weighted by atomic mass is 10.1. The summed E-state index contributed by atoms with van der Waals surface area (Å²) in [7, 11) is 0. The number of aromatic nitrogens is 1. The van der Waals surface area contributed by atoms with Gasteiger partial charge in [0.15, 0.2) is 5.13 Å². The Bertz CT molecular complexity index is 600. The topological polar surface area (TPSA) is 68.0 Å². The van der Waals surface area contributed by atoms with Gasteiger partial charge < -0.3 is 11.1 Å². The SMILES string of the molecule is NC(C(=O)Nc1nc2c(s1)CCCCC2)c1ccccc1. The molecule has 1 aliphatic rings. The van der Waals surface area contributed by atoms with Crippen LogP contribution in [0.15, 0.2) is 30.3 Å². The molecule has 1 unspecified atom stereocenters. The number of rotatable bonds is 3. The third-order valence-corrected chi connectivity index (χ3v) is 4.84. The fourth-order valence-corrected chi connectivity index (χ4v) is 3.63. The number of nitrogens with two attached hydrogens (primary N) is 1. The maximum atomic E-state index is 12.2. The maximum Gasteiger partial charge on any atom is 0.247 e. The number of benzene rings is 1. The highest BCUT2D eigenvalue weighted by molar-refractivity contribution is 7.15. The molecule has 0 aliphatic heterocycles. The van der Waals surface area contributed by atoms with Gasteiger partial charge in [-0.1, -0.05) is 36.8 Å². The van der Waals surface area contributed by atoms with E-state index in [0.717, 1.165) is 24.1 Å². The zero-order valence-corrected chi connectivity index (χ0v) is 12.7. The highest BCUT2D eigenvalue weighted by Crippen LogP contribution is 2.29. The Hall–Kier alpha value is -1.72. The number of nitrogens with zero attached hydrogens (tertiary/aromatic N) is 1. The molecule has 4 nitrogen and oxygen atoms in total. The summed E-state index contributed by atoms with van der Waals surface area (Å²) in [5.41, 5.74) is 7.97. The van der Waals surface area contributed by atoms with Crippen LogP contribution in [0.1, 0.15) is 41.4 Å². The molecule has 1 amide bonds. The first kappa shape index (κ1) is 14.2. The van der Waals surface area contributed by atoms with Crippen LogP contribution in [0.3, 0.4) is 0 Å². The van der Waals surface area contributed by atoms with Crippen LogP contribution >= 0.6 is 11.3 Å². The summed E-state index contributed by atoms with van der Waals surface area (Å²) >= 11 is 1.59. The Morgan fingerprint density at radius 1 is 1.19 bits per heavy atom. The van der Waals surface area contributed by atoms with Crippen LogP contribution in [-0.4, -0.2) is 10.9 Å². The Morgan fingerprint density at radius 2 is 1.95 bits per heavy atom. The van der Waals surface area contributed by atoms with Crippen molar-refractivity contribution in [3.05, 3.63) is 46.5 Å². The van der Waals surface area contributed by atoms with Gasteiger partial charge in [0.1, 0.15) is 6.04 Å². The maximum absolute atomic E-state index is 12.2. The molecular formula is C16H19N3OS. The van der Waals surface area contributed by atoms with Crippen LogP contribution < -0.4 is 11.1 Å². The monoisotopic (exact) mass is 301 g/mol. The molecule has 3 N–H and O–H groups in total. The third kappa shape index (κ3) is 3.31. The smallest absolute Gasteiger partial charge is 0.247 e. The zero-order valence-electron chi connectivity index (χ0n) is 11.8. The van der Waals surface area contributed by atoms with E-state index in [0.29, 0.717) is 5.13 Å². The standard InChI is InChI=1S/C16H19N3OS/c17-14(11-7-3-1-4-8-11)15(20)19-16-18-12-9-5-2-6-10-13(12)21-16/h1,3-4,7-8,14H,2,5-6,9-10,17H2,(H,18,19,20). The lowest BCUT2D eigenvalue weighted by Crippen LogP contribution is -2.27. The second-order valence-electron chi connectivity index (χ2n) is 5.33. The molecule has 0 radical (unpaired) electrons. The molecule has 110 valence electrons. The van der Waals surface area contributed by atoms with Gasteiger partial charge in [0.25, 0.3) is 0 Å². The van der Waals surface area contributed by atoms with Crippen LogP contribution in [0.2, 0.25) is 0 Å². The summed E-state index contributed by atoms with van der Waals surface area (Å²) in [6, 6.07) is 8.74. The van der Waals surface area contributed by atoms with E-state index in [9.17, 15) is 4.79 Å². The van der Waals surface area contributed by atoms with E-state index in [1.54, 1.807) is 11.3 Å². The second kappa shape index (κ2) is 6.37. The average molecular weight is 301 g/mol. The highest BCUT2D eigenvalue weighted by Gasteiger charge is 2.19. The van der Waals surface area contributed by atoms with Gasteiger partial charge in [-0.3, -0.25) is 4.79 Å². The molecule has 0 bridgehead atoms. The molecule has 1 atom stereocenters. The minimum atomic E-state index is -0.657. The van der Waals surface area contributed by atoms with E-state index in [1.807, 2.05) is 30.3 Å². The Balaban J connectivity index is 1.70. The van der Waals surface area contributed by atoms with E-state index in [-0.39, 0.29) is 5.91 Å². The van der Waals surface area contributed by atoms with Gasteiger partial charge in [-0.05, 0) is 31.2 Å². The van der Waals surface area contributed by atoms with E-state index in [1.165, 1.54) is 24.1 Å². The lowest BCUT2D eigenvalue weighted by Gasteiger charge is -2.10. The predicted molar refractivity (Wildman–Crippen MR) is 85.4 cm³/mol. The van der Waals surface area contributed by atoms with Crippen LogP contribution in [0, 0.1) is 0 Å². The van der Waals surface area contributed by atoms with E-state index in [2.05, 4.69) is 10.3 Å². The molecule has 1 aromatic heterocycles. The first-order valence-corrected chi connectivity index (χ1v) is 8.15. The van der Waals surface area contributed by atoms with Crippen molar-refractivity contribution in [1.82, 2.24) is 4.98 Å². The van der Waals surface area contributed by atoms with Crippen molar-refractivity contribution < 1.29 is 4.79 Å². The fraction of sp³-hybridized carbons (Fsp3) is 0.375. The number of fused-ring (bicyclic) bond motifs is 1. The van der Waals surface area contributed by atoms with Crippen LogP contribution in [0.5, 0.6) is 0 Å². The van der Waals surface area contributed by atoms with Crippen molar-refractivity contribution >= 4 is 22.4 Å². The summed E-state index contributed by atoms with van der Waals surface area (Å²) in [6.07, 6.45) is 5.77. The molecule has 0 spiro atoms. The van der Waals surface area contributed by atoms with Crippen molar-refractivity contribution in [2.75, 3.05) is 5.32 Å². The minimum absolute atomic E-state index is 0.204. The van der Waals surface area contributed by atoms with E-state index >= 15 is 0 Å². The summed E-state index contributed by atoms with van der Waals surface area (Å²) < 4.78 is 0. The van der Waals surface area contributed by atoms with Crippen molar-refractivity contribution in [1.29, 1.82) is 0 Å². The molecule has 0 fully saturated rings. The van der Waals surface area contributed by atoms with Gasteiger partial charge in [0.05, 0.1) is 5.69 Å². The molecule has 0 saturated carbocycles. The number of aryl methyl sites for hydroxylation is 2. The first-order chi connectivity index (χ1) is 10.2. The Morgan fingerprint density at radius 3 is 2.76 bits per heavy atom. The molecule has 5 heteroatoms. The van der Waals surface area contributed by atoms with Gasteiger partial charge >= 0.3 is 0 Å². The Kier molecular flexibility index (Phi) is 4.31. The number of carbonyl (C=O) groups is 1. The van der Waals surface area contributed by atoms with E-state index < -0.39 is 6.04 Å². The quantitative estimate of drug-likeness (QED) is 0.856. The summed E-state index contributed by atoms with van der Waals surface area (Å²) in [4.78, 5) is 18.1. The largest absolute Gasteiger partial charge is 0.316 e. The van der Waals surface area contributed by atoms with Crippen LogP contribution in [0.25, 0.3) is 0 Å². The molecular weight excluding hydrogens is 282 g/mol. The summed E-state index contributed by atoms with van der Waals surface area (Å²) in [6.45, 7) is 0. The normalized spacial score (nSPS) is 15.9. The number of amides is 1. The predicted octanol–water partition coefficient (Wildman–Crippen LogP) is 3.05. The molecule has 2 aromatic rings. The van der Waals surface area contributed by atoms with Crippen molar-refractivity contribution in [3.63, 3.8) is 0 Å². The number of hydrogen-bond donors (Lipinski definition) is 2. The van der Waals surface area contributed by atoms with Crippen LogP contribution in [0.4, 0.5) is 5.13 Å². The fourth-order valence-electron chi connectivity index (χ4n) is 2.58.